The van der Waals surface area contributed by atoms with Crippen LogP contribution in [0.5, 0.6) is 5.75 Å². The smallest absolute Gasteiger partial charge is 0.194 e. The van der Waals surface area contributed by atoms with Crippen LogP contribution in [-0.2, 0) is 0 Å². The number of ketones is 1. The molecule has 1 aliphatic carbocycles. The van der Waals surface area contributed by atoms with Crippen LogP contribution in [0.4, 0.5) is 0 Å². The second kappa shape index (κ2) is 7.00. The third kappa shape index (κ3) is 2.97. The molecular weight excluding hydrogens is 350 g/mol. The highest BCUT2D eigenvalue weighted by Crippen LogP contribution is 2.39. The van der Waals surface area contributed by atoms with Crippen molar-refractivity contribution in [2.24, 2.45) is 0 Å². The summed E-state index contributed by atoms with van der Waals surface area (Å²) < 4.78 is 6.06. The van der Waals surface area contributed by atoms with Crippen LogP contribution in [0, 0.1) is 0 Å². The van der Waals surface area contributed by atoms with Gasteiger partial charge in [0.2, 0.25) is 0 Å². The van der Waals surface area contributed by atoms with Crippen LogP contribution >= 0.6 is 0 Å². The van der Waals surface area contributed by atoms with Crippen LogP contribution < -0.4 is 4.74 Å². The van der Waals surface area contributed by atoms with Gasteiger partial charge in [-0.3, -0.25) is 14.7 Å². The molecule has 28 heavy (non-hydrogen) atoms. The monoisotopic (exact) mass is 373 g/mol. The Bertz CT molecular complexity index is 1050. The number of hydrogen-bond acceptors (Lipinski definition) is 5. The lowest BCUT2D eigenvalue weighted by atomic mass is 9.85. The maximum atomic E-state index is 13.1. The number of fused-ring (bicyclic) bond motifs is 2. The molecule has 1 aliphatic heterocycles. The minimum atomic E-state index is 0.0469. The average Bonchev–Trinajstić information content (AvgIpc) is 2.73. The van der Waals surface area contributed by atoms with Crippen molar-refractivity contribution in [2.45, 2.75) is 0 Å². The number of carbonyl (C=O) groups is 1. The molecule has 0 spiro atoms. The standard InChI is InChI=1S/C23H23N3O2/c1-25-8-10-26(11-9-25)12-13-28-17-14-16-6-7-24-22-18-4-2-3-5-19(18)23(27)20(15-17)21(16)22/h2-7,14-15H,8-13H2,1H3. The van der Waals surface area contributed by atoms with E-state index in [1.165, 1.54) is 0 Å². The van der Waals surface area contributed by atoms with Crippen molar-refractivity contribution in [3.63, 3.8) is 0 Å². The van der Waals surface area contributed by atoms with E-state index in [2.05, 4.69) is 21.8 Å². The molecule has 0 unspecified atom stereocenters. The fourth-order valence-electron chi connectivity index (χ4n) is 4.15. The average molecular weight is 373 g/mol. The van der Waals surface area contributed by atoms with E-state index in [0.29, 0.717) is 17.7 Å². The van der Waals surface area contributed by atoms with Gasteiger partial charge in [0.15, 0.2) is 5.78 Å². The van der Waals surface area contributed by atoms with Gasteiger partial charge in [0, 0.05) is 61.0 Å². The van der Waals surface area contributed by atoms with Crippen molar-refractivity contribution in [2.75, 3.05) is 46.4 Å². The number of pyridine rings is 1. The molecule has 0 radical (unpaired) electrons. The largest absolute Gasteiger partial charge is 0.492 e. The minimum Gasteiger partial charge on any atom is -0.492 e. The molecule has 0 bridgehead atoms. The number of carbonyl (C=O) groups excluding carboxylic acids is 1. The Morgan fingerprint density at radius 1 is 1.00 bits per heavy atom. The summed E-state index contributed by atoms with van der Waals surface area (Å²) in [5, 5.41) is 1.93. The van der Waals surface area contributed by atoms with E-state index in [-0.39, 0.29) is 5.78 Å². The van der Waals surface area contributed by atoms with Crippen molar-refractivity contribution >= 4 is 16.6 Å². The molecule has 0 atom stereocenters. The molecule has 3 aromatic rings. The van der Waals surface area contributed by atoms with E-state index in [0.717, 1.165) is 60.5 Å². The van der Waals surface area contributed by atoms with Gasteiger partial charge in [-0.05, 0) is 30.6 Å². The molecule has 5 rings (SSSR count). The number of benzene rings is 2. The summed E-state index contributed by atoms with van der Waals surface area (Å²) in [6.07, 6.45) is 1.81. The normalized spacial score (nSPS) is 17.0. The van der Waals surface area contributed by atoms with Crippen LogP contribution in [0.2, 0.25) is 0 Å². The number of rotatable bonds is 4. The molecule has 0 saturated carbocycles. The topological polar surface area (TPSA) is 45.7 Å². The molecule has 1 saturated heterocycles. The molecule has 2 aromatic carbocycles. The molecule has 1 aromatic heterocycles. The first kappa shape index (κ1) is 17.3. The molecule has 5 nitrogen and oxygen atoms in total. The quantitative estimate of drug-likeness (QED) is 0.550. The Balaban J connectivity index is 1.43. The Kier molecular flexibility index (Phi) is 4.34. The van der Waals surface area contributed by atoms with Gasteiger partial charge in [0.05, 0.1) is 5.69 Å². The van der Waals surface area contributed by atoms with Crippen LogP contribution in [0.25, 0.3) is 22.0 Å². The van der Waals surface area contributed by atoms with Crippen molar-refractivity contribution < 1.29 is 9.53 Å². The lowest BCUT2D eigenvalue weighted by Gasteiger charge is -2.32. The summed E-state index contributed by atoms with van der Waals surface area (Å²) in [4.78, 5) is 22.4. The molecule has 2 aliphatic rings. The zero-order valence-electron chi connectivity index (χ0n) is 16.0. The van der Waals surface area contributed by atoms with E-state index in [1.54, 1.807) is 0 Å². The molecule has 2 heterocycles. The van der Waals surface area contributed by atoms with Crippen LogP contribution in [0.1, 0.15) is 15.9 Å². The maximum absolute atomic E-state index is 13.1. The van der Waals surface area contributed by atoms with Gasteiger partial charge in [0.1, 0.15) is 12.4 Å². The number of nitrogens with zero attached hydrogens (tertiary/aromatic N) is 3. The lowest BCUT2D eigenvalue weighted by molar-refractivity contribution is 0.103. The Labute approximate surface area is 164 Å². The van der Waals surface area contributed by atoms with Gasteiger partial charge in [-0.25, -0.2) is 0 Å². The van der Waals surface area contributed by atoms with Crippen molar-refractivity contribution in [3.05, 3.63) is 59.8 Å². The van der Waals surface area contributed by atoms with Crippen LogP contribution in [0.15, 0.2) is 48.7 Å². The zero-order valence-corrected chi connectivity index (χ0v) is 16.0. The van der Waals surface area contributed by atoms with Gasteiger partial charge in [0.25, 0.3) is 0 Å². The van der Waals surface area contributed by atoms with Crippen molar-refractivity contribution in [1.29, 1.82) is 0 Å². The minimum absolute atomic E-state index is 0.0469. The van der Waals surface area contributed by atoms with Gasteiger partial charge in [-0.15, -0.1) is 0 Å². The summed E-state index contributed by atoms with van der Waals surface area (Å²) in [6.45, 7) is 5.88. The summed E-state index contributed by atoms with van der Waals surface area (Å²) in [5.41, 5.74) is 3.19. The molecule has 5 heteroatoms. The Morgan fingerprint density at radius 3 is 2.61 bits per heavy atom. The highest BCUT2D eigenvalue weighted by atomic mass is 16.5. The van der Waals surface area contributed by atoms with E-state index in [9.17, 15) is 4.79 Å². The molecule has 0 N–H and O–H groups in total. The second-order valence-corrected chi connectivity index (χ2v) is 7.60. The third-order valence-electron chi connectivity index (χ3n) is 5.78. The number of piperazine rings is 1. The summed E-state index contributed by atoms with van der Waals surface area (Å²) in [7, 11) is 2.16. The van der Waals surface area contributed by atoms with Crippen molar-refractivity contribution in [3.8, 4) is 17.0 Å². The van der Waals surface area contributed by atoms with E-state index in [1.807, 2.05) is 48.7 Å². The first-order valence-electron chi connectivity index (χ1n) is 9.81. The van der Waals surface area contributed by atoms with E-state index < -0.39 is 0 Å². The fourth-order valence-corrected chi connectivity index (χ4v) is 4.15. The lowest BCUT2D eigenvalue weighted by Crippen LogP contribution is -2.45. The summed E-state index contributed by atoms with van der Waals surface area (Å²) in [6, 6.07) is 13.6. The van der Waals surface area contributed by atoms with Crippen LogP contribution in [-0.4, -0.2) is 66.9 Å². The summed E-state index contributed by atoms with van der Waals surface area (Å²) in [5.74, 6) is 0.798. The molecule has 0 amide bonds. The number of hydrogen-bond donors (Lipinski definition) is 0. The van der Waals surface area contributed by atoms with Gasteiger partial charge in [-0.1, -0.05) is 24.3 Å². The number of aromatic nitrogens is 1. The second-order valence-electron chi connectivity index (χ2n) is 7.60. The Hall–Kier alpha value is -2.76. The highest BCUT2D eigenvalue weighted by Gasteiger charge is 2.26. The predicted molar refractivity (Wildman–Crippen MR) is 110 cm³/mol. The highest BCUT2D eigenvalue weighted by molar-refractivity contribution is 6.25. The van der Waals surface area contributed by atoms with Gasteiger partial charge < -0.3 is 9.64 Å². The van der Waals surface area contributed by atoms with Crippen molar-refractivity contribution in [1.82, 2.24) is 14.8 Å². The van der Waals surface area contributed by atoms with Gasteiger partial charge >= 0.3 is 0 Å². The Morgan fingerprint density at radius 2 is 1.79 bits per heavy atom. The third-order valence-corrected chi connectivity index (χ3v) is 5.78. The first-order valence-corrected chi connectivity index (χ1v) is 9.81. The van der Waals surface area contributed by atoms with Gasteiger partial charge in [-0.2, -0.15) is 0 Å². The number of likely N-dealkylation sites (N-methyl/N-ethyl adjacent to an activating group) is 1. The zero-order chi connectivity index (χ0) is 19.1. The predicted octanol–water partition coefficient (Wildman–Crippen LogP) is 3.07. The van der Waals surface area contributed by atoms with Crippen LogP contribution in [0.3, 0.4) is 0 Å². The molecular formula is C23H23N3O2. The molecule has 142 valence electrons. The molecule has 1 fully saturated rings. The maximum Gasteiger partial charge on any atom is 0.194 e. The van der Waals surface area contributed by atoms with E-state index >= 15 is 0 Å². The van der Waals surface area contributed by atoms with E-state index in [4.69, 9.17) is 4.74 Å². The SMILES string of the molecule is CN1CCN(CCOc2cc3c4c(nccc4c2)-c2ccccc2C3=O)CC1. The summed E-state index contributed by atoms with van der Waals surface area (Å²) >= 11 is 0. The first-order chi connectivity index (χ1) is 13.7. The fraction of sp³-hybridized carbons (Fsp3) is 0.304. The number of ether oxygens (including phenoxy) is 1.